The van der Waals surface area contributed by atoms with Crippen LogP contribution in [0.5, 0.6) is 0 Å². The van der Waals surface area contributed by atoms with Gasteiger partial charge in [0.1, 0.15) is 5.73 Å². The number of hydrogen-bond acceptors (Lipinski definition) is 3. The van der Waals surface area contributed by atoms with Gasteiger partial charge in [-0.15, -0.1) is 0 Å². The molecule has 1 aliphatic rings. The third-order valence-corrected chi connectivity index (χ3v) is 4.46. The zero-order valence-corrected chi connectivity index (χ0v) is 13.8. The average molecular weight is 314 g/mol. The lowest BCUT2D eigenvalue weighted by Gasteiger charge is -2.32. The van der Waals surface area contributed by atoms with E-state index in [0.717, 1.165) is 5.69 Å². The van der Waals surface area contributed by atoms with E-state index in [0.29, 0.717) is 5.56 Å². The van der Waals surface area contributed by atoms with Crippen molar-refractivity contribution in [3.05, 3.63) is 54.0 Å². The van der Waals surface area contributed by atoms with E-state index in [4.69, 9.17) is 9.31 Å². The summed E-state index contributed by atoms with van der Waals surface area (Å²) in [6.07, 6.45) is 4.95. The van der Waals surface area contributed by atoms with E-state index < -0.39 is 24.0 Å². The maximum Gasteiger partial charge on any atom is 0.525 e. The van der Waals surface area contributed by atoms with Gasteiger partial charge in [0.15, 0.2) is 0 Å². The third kappa shape index (κ3) is 2.96. The second kappa shape index (κ2) is 5.62. The van der Waals surface area contributed by atoms with Crippen molar-refractivity contribution in [2.45, 2.75) is 38.9 Å². The predicted octanol–water partition coefficient (Wildman–Crippen LogP) is 3.81. The first-order chi connectivity index (χ1) is 10.8. The Kier molecular flexibility index (Phi) is 3.90. The maximum atomic E-state index is 14.7. The van der Waals surface area contributed by atoms with Gasteiger partial charge in [0, 0.05) is 18.0 Å². The molecule has 0 atom stereocenters. The standard InChI is InChI=1S/C17H20BFN2O2/c1-16(2)17(3,4)23-18(22-16)15(19)12-13-8-5-6-9-14(13)21-11-7-10-20-21/h5-12H,1-4H3. The Balaban J connectivity index is 1.91. The van der Waals surface area contributed by atoms with Crippen LogP contribution in [-0.2, 0) is 9.31 Å². The van der Waals surface area contributed by atoms with Crippen molar-refractivity contribution < 1.29 is 13.7 Å². The summed E-state index contributed by atoms with van der Waals surface area (Å²) in [5.41, 5.74) is -0.0786. The maximum absolute atomic E-state index is 14.7. The Hall–Kier alpha value is -1.92. The van der Waals surface area contributed by atoms with Crippen molar-refractivity contribution >= 4 is 13.2 Å². The minimum atomic E-state index is -0.995. The number of benzene rings is 1. The van der Waals surface area contributed by atoms with Crippen molar-refractivity contribution in [3.8, 4) is 5.69 Å². The van der Waals surface area contributed by atoms with Gasteiger partial charge in [-0.2, -0.15) is 5.10 Å². The van der Waals surface area contributed by atoms with Gasteiger partial charge >= 0.3 is 7.12 Å². The van der Waals surface area contributed by atoms with Crippen LogP contribution < -0.4 is 0 Å². The first-order valence-electron chi connectivity index (χ1n) is 7.62. The predicted molar refractivity (Wildman–Crippen MR) is 88.7 cm³/mol. The van der Waals surface area contributed by atoms with Gasteiger partial charge in [0.25, 0.3) is 0 Å². The van der Waals surface area contributed by atoms with Crippen molar-refractivity contribution in [2.24, 2.45) is 0 Å². The van der Waals surface area contributed by atoms with Gasteiger partial charge in [-0.3, -0.25) is 0 Å². The van der Waals surface area contributed by atoms with Gasteiger partial charge in [-0.25, -0.2) is 9.07 Å². The Morgan fingerprint density at radius 3 is 2.39 bits per heavy atom. The lowest BCUT2D eigenvalue weighted by molar-refractivity contribution is 0.00578. The molecule has 0 unspecified atom stereocenters. The van der Waals surface area contributed by atoms with Crippen LogP contribution in [0.4, 0.5) is 4.39 Å². The van der Waals surface area contributed by atoms with E-state index in [2.05, 4.69) is 5.10 Å². The van der Waals surface area contributed by atoms with Crippen LogP contribution in [0.25, 0.3) is 11.8 Å². The molecule has 2 heterocycles. The second-order valence-corrected chi connectivity index (χ2v) is 6.63. The molecule has 1 fully saturated rings. The van der Waals surface area contributed by atoms with Crippen LogP contribution >= 0.6 is 0 Å². The smallest absolute Gasteiger partial charge is 0.398 e. The topological polar surface area (TPSA) is 36.3 Å². The van der Waals surface area contributed by atoms with Crippen LogP contribution in [0.3, 0.4) is 0 Å². The normalized spacial score (nSPS) is 20.0. The molecule has 4 nitrogen and oxygen atoms in total. The highest BCUT2D eigenvalue weighted by Crippen LogP contribution is 2.39. The zero-order valence-electron chi connectivity index (χ0n) is 13.8. The van der Waals surface area contributed by atoms with E-state index in [9.17, 15) is 4.39 Å². The van der Waals surface area contributed by atoms with Crippen molar-refractivity contribution in [3.63, 3.8) is 0 Å². The van der Waals surface area contributed by atoms with Gasteiger partial charge in [0.05, 0.1) is 16.9 Å². The molecule has 0 aliphatic carbocycles. The highest BCUT2D eigenvalue weighted by molar-refractivity contribution is 6.54. The molecule has 1 aromatic carbocycles. The highest BCUT2D eigenvalue weighted by Gasteiger charge is 2.53. The van der Waals surface area contributed by atoms with Crippen LogP contribution in [0.2, 0.25) is 0 Å². The summed E-state index contributed by atoms with van der Waals surface area (Å²) in [4.78, 5) is 0. The van der Waals surface area contributed by atoms with Gasteiger partial charge in [0.2, 0.25) is 0 Å². The lowest BCUT2D eigenvalue weighted by Crippen LogP contribution is -2.41. The Labute approximate surface area is 136 Å². The number of rotatable bonds is 3. The van der Waals surface area contributed by atoms with E-state index in [1.54, 1.807) is 10.9 Å². The summed E-state index contributed by atoms with van der Waals surface area (Å²) in [7, 11) is -0.995. The molecule has 0 N–H and O–H groups in total. The molecule has 0 radical (unpaired) electrons. The first-order valence-corrected chi connectivity index (χ1v) is 7.62. The number of halogens is 1. The fourth-order valence-corrected chi connectivity index (χ4v) is 2.40. The zero-order chi connectivity index (χ0) is 16.7. The number of aromatic nitrogens is 2. The average Bonchev–Trinajstić information content (AvgIpc) is 3.06. The molecule has 6 heteroatoms. The third-order valence-electron chi connectivity index (χ3n) is 4.46. The molecule has 23 heavy (non-hydrogen) atoms. The van der Waals surface area contributed by atoms with Gasteiger partial charge < -0.3 is 9.31 Å². The molecular formula is C17H20BFN2O2. The molecule has 0 amide bonds. The molecule has 1 aromatic heterocycles. The number of para-hydroxylation sites is 1. The van der Waals surface area contributed by atoms with Crippen molar-refractivity contribution in [1.29, 1.82) is 0 Å². The Morgan fingerprint density at radius 1 is 1.13 bits per heavy atom. The lowest BCUT2D eigenvalue weighted by atomic mass is 9.86. The molecule has 2 aromatic rings. The van der Waals surface area contributed by atoms with Crippen LogP contribution in [-0.4, -0.2) is 28.1 Å². The van der Waals surface area contributed by atoms with E-state index in [-0.39, 0.29) is 0 Å². The minimum Gasteiger partial charge on any atom is -0.398 e. The first kappa shape index (κ1) is 16.0. The molecule has 1 aliphatic heterocycles. The van der Waals surface area contributed by atoms with Crippen LogP contribution in [0.1, 0.15) is 33.3 Å². The van der Waals surface area contributed by atoms with E-state index in [1.807, 2.05) is 64.2 Å². The SMILES string of the molecule is CC1(C)OB(C(F)=Cc2ccccc2-n2cccn2)OC1(C)C. The summed E-state index contributed by atoms with van der Waals surface area (Å²) < 4.78 is 27.9. The summed E-state index contributed by atoms with van der Waals surface area (Å²) in [6.45, 7) is 7.60. The van der Waals surface area contributed by atoms with Crippen molar-refractivity contribution in [2.75, 3.05) is 0 Å². The molecule has 120 valence electrons. The molecule has 0 bridgehead atoms. The van der Waals surface area contributed by atoms with Gasteiger partial charge in [-0.05, 0) is 45.9 Å². The molecule has 0 spiro atoms. The largest absolute Gasteiger partial charge is 0.525 e. The molecular weight excluding hydrogens is 294 g/mol. The van der Waals surface area contributed by atoms with Crippen LogP contribution in [0.15, 0.2) is 48.5 Å². The van der Waals surface area contributed by atoms with E-state index >= 15 is 0 Å². The second-order valence-electron chi connectivity index (χ2n) is 6.63. The molecule has 3 rings (SSSR count). The quantitative estimate of drug-likeness (QED) is 0.808. The Morgan fingerprint density at radius 2 is 1.78 bits per heavy atom. The van der Waals surface area contributed by atoms with Crippen LogP contribution in [0, 0.1) is 0 Å². The molecule has 0 saturated carbocycles. The fourth-order valence-electron chi connectivity index (χ4n) is 2.40. The summed E-state index contributed by atoms with van der Waals surface area (Å²) in [5, 5.41) is 4.20. The molecule has 1 saturated heterocycles. The van der Waals surface area contributed by atoms with Crippen molar-refractivity contribution in [1.82, 2.24) is 9.78 Å². The van der Waals surface area contributed by atoms with Gasteiger partial charge in [-0.1, -0.05) is 18.2 Å². The summed E-state index contributed by atoms with van der Waals surface area (Å²) >= 11 is 0. The summed E-state index contributed by atoms with van der Waals surface area (Å²) in [5.74, 6) is 0. The minimum absolute atomic E-state index is 0.455. The van der Waals surface area contributed by atoms with E-state index in [1.165, 1.54) is 6.08 Å². The Bertz CT molecular complexity index is 710. The monoisotopic (exact) mass is 314 g/mol. The number of hydrogen-bond donors (Lipinski definition) is 0. The summed E-state index contributed by atoms with van der Waals surface area (Å²) in [6, 6.07) is 9.29. The fraction of sp³-hybridized carbons (Fsp3) is 0.353. The highest BCUT2D eigenvalue weighted by atomic mass is 19.1. The number of nitrogens with zero attached hydrogens (tertiary/aromatic N) is 2.